The Morgan fingerprint density at radius 1 is 1.29 bits per heavy atom. The molecule has 114 valence electrons. The first-order valence-corrected chi connectivity index (χ1v) is 7.43. The van der Waals surface area contributed by atoms with Gasteiger partial charge in [0.2, 0.25) is 0 Å². The van der Waals surface area contributed by atoms with Gasteiger partial charge in [-0.25, -0.2) is 4.68 Å². The van der Waals surface area contributed by atoms with Crippen molar-refractivity contribution < 1.29 is 4.74 Å². The molecule has 0 saturated heterocycles. The van der Waals surface area contributed by atoms with Gasteiger partial charge < -0.3 is 10.1 Å². The second kappa shape index (κ2) is 7.07. The predicted molar refractivity (Wildman–Crippen MR) is 86.4 cm³/mol. The van der Waals surface area contributed by atoms with E-state index in [0.717, 1.165) is 35.2 Å². The Bertz CT molecular complexity index is 622. The topological polar surface area (TPSA) is 39.1 Å². The lowest BCUT2D eigenvalue weighted by Gasteiger charge is -2.13. The Hall–Kier alpha value is -1.36. The second-order valence-electron chi connectivity index (χ2n) is 5.20. The smallest absolute Gasteiger partial charge is 0.0848 e. The standard InChI is InChI=1S/C16H22ClN3O/c1-11-5-6-15(14(9-11)10-18-7-8-21-4)20-13(3)16(17)12(2)19-20/h5-6,9,18H,7-8,10H2,1-4H3. The van der Waals surface area contributed by atoms with Crippen molar-refractivity contribution in [3.8, 4) is 5.69 Å². The summed E-state index contributed by atoms with van der Waals surface area (Å²) in [6.45, 7) is 8.31. The number of nitrogens with zero attached hydrogens (tertiary/aromatic N) is 2. The van der Waals surface area contributed by atoms with E-state index < -0.39 is 0 Å². The van der Waals surface area contributed by atoms with Crippen LogP contribution < -0.4 is 5.32 Å². The van der Waals surface area contributed by atoms with Gasteiger partial charge in [0, 0.05) is 20.2 Å². The predicted octanol–water partition coefficient (Wildman–Crippen LogP) is 3.19. The maximum atomic E-state index is 6.26. The third-order valence-electron chi connectivity index (χ3n) is 3.46. The average Bonchev–Trinajstić information content (AvgIpc) is 2.71. The van der Waals surface area contributed by atoms with E-state index in [1.165, 1.54) is 11.1 Å². The number of methoxy groups -OCH3 is 1. The zero-order valence-electron chi connectivity index (χ0n) is 13.0. The van der Waals surface area contributed by atoms with Crippen LogP contribution in [0.15, 0.2) is 18.2 Å². The first-order chi connectivity index (χ1) is 10.0. The van der Waals surface area contributed by atoms with Crippen molar-refractivity contribution in [2.24, 2.45) is 0 Å². The summed E-state index contributed by atoms with van der Waals surface area (Å²) in [5, 5.41) is 8.66. The first kappa shape index (κ1) is 16.0. The molecule has 21 heavy (non-hydrogen) atoms. The Balaban J connectivity index is 2.32. The van der Waals surface area contributed by atoms with Gasteiger partial charge in [-0.1, -0.05) is 29.3 Å². The van der Waals surface area contributed by atoms with E-state index in [-0.39, 0.29) is 0 Å². The molecule has 0 atom stereocenters. The van der Waals surface area contributed by atoms with Crippen LogP contribution in [-0.2, 0) is 11.3 Å². The molecule has 2 aromatic rings. The average molecular weight is 308 g/mol. The zero-order valence-corrected chi connectivity index (χ0v) is 13.8. The fraction of sp³-hybridized carbons (Fsp3) is 0.438. The number of benzene rings is 1. The Morgan fingerprint density at radius 3 is 2.67 bits per heavy atom. The van der Waals surface area contributed by atoms with Crippen LogP contribution in [0.5, 0.6) is 0 Å². The van der Waals surface area contributed by atoms with Crippen LogP contribution in [0.25, 0.3) is 5.69 Å². The highest BCUT2D eigenvalue weighted by Crippen LogP contribution is 2.24. The lowest BCUT2D eigenvalue weighted by Crippen LogP contribution is -2.20. The quantitative estimate of drug-likeness (QED) is 0.833. The van der Waals surface area contributed by atoms with Crippen LogP contribution in [0.2, 0.25) is 5.02 Å². The monoisotopic (exact) mass is 307 g/mol. The number of halogens is 1. The van der Waals surface area contributed by atoms with Crippen LogP contribution in [-0.4, -0.2) is 30.0 Å². The van der Waals surface area contributed by atoms with E-state index in [1.807, 2.05) is 18.5 Å². The summed E-state index contributed by atoms with van der Waals surface area (Å²) in [5.74, 6) is 0. The van der Waals surface area contributed by atoms with Crippen LogP contribution in [0.4, 0.5) is 0 Å². The summed E-state index contributed by atoms with van der Waals surface area (Å²) >= 11 is 6.26. The molecular weight excluding hydrogens is 286 g/mol. The Morgan fingerprint density at radius 2 is 2.05 bits per heavy atom. The molecule has 0 aliphatic heterocycles. The first-order valence-electron chi connectivity index (χ1n) is 7.06. The van der Waals surface area contributed by atoms with Gasteiger partial charge in [-0.3, -0.25) is 0 Å². The summed E-state index contributed by atoms with van der Waals surface area (Å²) in [7, 11) is 1.71. The highest BCUT2D eigenvalue weighted by Gasteiger charge is 2.13. The molecule has 2 rings (SSSR count). The third-order valence-corrected chi connectivity index (χ3v) is 4.01. The van der Waals surface area contributed by atoms with Gasteiger partial charge in [0.05, 0.1) is 28.7 Å². The van der Waals surface area contributed by atoms with Crippen LogP contribution in [0.3, 0.4) is 0 Å². The van der Waals surface area contributed by atoms with E-state index in [0.29, 0.717) is 6.61 Å². The molecule has 0 saturated carbocycles. The molecule has 1 aromatic carbocycles. The highest BCUT2D eigenvalue weighted by atomic mass is 35.5. The number of ether oxygens (including phenoxy) is 1. The van der Waals surface area contributed by atoms with Gasteiger partial charge in [0.15, 0.2) is 0 Å². The van der Waals surface area contributed by atoms with E-state index in [9.17, 15) is 0 Å². The maximum absolute atomic E-state index is 6.26. The van der Waals surface area contributed by atoms with E-state index in [4.69, 9.17) is 16.3 Å². The van der Waals surface area contributed by atoms with Gasteiger partial charge >= 0.3 is 0 Å². The fourth-order valence-electron chi connectivity index (χ4n) is 2.32. The molecular formula is C16H22ClN3O. The molecule has 0 unspecified atom stereocenters. The van der Waals surface area contributed by atoms with Crippen molar-refractivity contribution >= 4 is 11.6 Å². The molecule has 1 heterocycles. The SMILES string of the molecule is COCCNCc1cc(C)ccc1-n1nc(C)c(Cl)c1C. The van der Waals surface area contributed by atoms with Gasteiger partial charge in [0.25, 0.3) is 0 Å². The minimum Gasteiger partial charge on any atom is -0.383 e. The van der Waals surface area contributed by atoms with Crippen molar-refractivity contribution in [2.75, 3.05) is 20.3 Å². The number of hydrogen-bond donors (Lipinski definition) is 1. The molecule has 0 amide bonds. The molecule has 0 fully saturated rings. The molecule has 4 nitrogen and oxygen atoms in total. The van der Waals surface area contributed by atoms with Crippen molar-refractivity contribution in [1.29, 1.82) is 0 Å². The summed E-state index contributed by atoms with van der Waals surface area (Å²) < 4.78 is 6.98. The molecule has 0 aliphatic rings. The van der Waals surface area contributed by atoms with Crippen molar-refractivity contribution in [3.05, 3.63) is 45.7 Å². The fourth-order valence-corrected chi connectivity index (χ4v) is 2.44. The van der Waals surface area contributed by atoms with Gasteiger partial charge in [0.1, 0.15) is 0 Å². The summed E-state index contributed by atoms with van der Waals surface area (Å²) in [5.41, 5.74) is 5.32. The van der Waals surface area contributed by atoms with E-state index in [2.05, 4.69) is 35.5 Å². The zero-order chi connectivity index (χ0) is 15.4. The summed E-state index contributed by atoms with van der Waals surface area (Å²) in [4.78, 5) is 0. The highest BCUT2D eigenvalue weighted by molar-refractivity contribution is 6.31. The van der Waals surface area contributed by atoms with Crippen LogP contribution in [0.1, 0.15) is 22.5 Å². The van der Waals surface area contributed by atoms with E-state index in [1.54, 1.807) is 7.11 Å². The molecule has 0 radical (unpaired) electrons. The summed E-state index contributed by atoms with van der Waals surface area (Å²) in [6, 6.07) is 6.37. The second-order valence-corrected chi connectivity index (χ2v) is 5.58. The largest absolute Gasteiger partial charge is 0.383 e. The lowest BCUT2D eigenvalue weighted by molar-refractivity contribution is 0.199. The minimum atomic E-state index is 0.701. The Kier molecular flexibility index (Phi) is 5.39. The summed E-state index contributed by atoms with van der Waals surface area (Å²) in [6.07, 6.45) is 0. The molecule has 1 N–H and O–H groups in total. The lowest BCUT2D eigenvalue weighted by atomic mass is 10.1. The van der Waals surface area contributed by atoms with Gasteiger partial charge in [-0.15, -0.1) is 0 Å². The van der Waals surface area contributed by atoms with Crippen molar-refractivity contribution in [3.63, 3.8) is 0 Å². The molecule has 0 bridgehead atoms. The van der Waals surface area contributed by atoms with Crippen LogP contribution in [0, 0.1) is 20.8 Å². The third kappa shape index (κ3) is 3.64. The molecule has 1 aromatic heterocycles. The maximum Gasteiger partial charge on any atom is 0.0848 e. The number of aromatic nitrogens is 2. The van der Waals surface area contributed by atoms with Crippen LogP contribution >= 0.6 is 11.6 Å². The van der Waals surface area contributed by atoms with Gasteiger partial charge in [-0.2, -0.15) is 5.10 Å². The molecule has 5 heteroatoms. The van der Waals surface area contributed by atoms with Gasteiger partial charge in [-0.05, 0) is 32.4 Å². The number of hydrogen-bond acceptors (Lipinski definition) is 3. The van der Waals surface area contributed by atoms with Crippen molar-refractivity contribution in [1.82, 2.24) is 15.1 Å². The number of nitrogens with one attached hydrogen (secondary N) is 1. The Labute approximate surface area is 131 Å². The molecule has 0 aliphatic carbocycles. The van der Waals surface area contributed by atoms with E-state index >= 15 is 0 Å². The number of rotatable bonds is 6. The normalized spacial score (nSPS) is 11.1. The van der Waals surface area contributed by atoms with Crippen molar-refractivity contribution in [2.45, 2.75) is 27.3 Å². The minimum absolute atomic E-state index is 0.701. The number of aryl methyl sites for hydroxylation is 2. The molecule has 0 spiro atoms.